The zero-order valence-electron chi connectivity index (χ0n) is 10.7. The molecule has 0 aromatic carbocycles. The standard InChI is InChI=1S/C10H17N5O2S/c1-4-15(7-5-6-11)18(16,17)9-8(2)14(3)13-10(9)12/h4-5,7H2,1-3H3,(H2,12,13). The van der Waals surface area contributed by atoms with Crippen molar-refractivity contribution in [2.24, 2.45) is 7.05 Å². The molecule has 1 rings (SSSR count). The molecule has 7 nitrogen and oxygen atoms in total. The lowest BCUT2D eigenvalue weighted by molar-refractivity contribution is 0.434. The molecule has 0 bridgehead atoms. The molecule has 0 atom stereocenters. The summed E-state index contributed by atoms with van der Waals surface area (Å²) in [6.45, 7) is 3.81. The lowest BCUT2D eigenvalue weighted by Crippen LogP contribution is -2.32. The summed E-state index contributed by atoms with van der Waals surface area (Å²) < 4.78 is 27.5. The van der Waals surface area contributed by atoms with Gasteiger partial charge >= 0.3 is 0 Å². The number of hydrogen-bond acceptors (Lipinski definition) is 5. The molecule has 100 valence electrons. The van der Waals surface area contributed by atoms with Crippen LogP contribution in [0.5, 0.6) is 0 Å². The highest BCUT2D eigenvalue weighted by molar-refractivity contribution is 7.89. The van der Waals surface area contributed by atoms with Gasteiger partial charge in [0.1, 0.15) is 4.90 Å². The maximum atomic E-state index is 12.4. The Morgan fingerprint density at radius 2 is 2.17 bits per heavy atom. The Labute approximate surface area is 107 Å². The van der Waals surface area contributed by atoms with E-state index < -0.39 is 10.0 Å². The van der Waals surface area contributed by atoms with E-state index in [4.69, 9.17) is 11.0 Å². The first-order chi connectivity index (χ1) is 8.36. The average molecular weight is 271 g/mol. The zero-order chi connectivity index (χ0) is 13.9. The molecule has 18 heavy (non-hydrogen) atoms. The van der Waals surface area contributed by atoms with E-state index in [-0.39, 0.29) is 30.2 Å². The Balaban J connectivity index is 3.24. The van der Waals surface area contributed by atoms with Gasteiger partial charge in [0.15, 0.2) is 5.82 Å². The molecule has 1 heterocycles. The average Bonchev–Trinajstić information content (AvgIpc) is 2.54. The molecule has 1 aromatic rings. The van der Waals surface area contributed by atoms with Crippen LogP contribution in [-0.4, -0.2) is 35.6 Å². The summed E-state index contributed by atoms with van der Waals surface area (Å²) in [4.78, 5) is 0.0322. The number of aryl methyl sites for hydroxylation is 1. The summed E-state index contributed by atoms with van der Waals surface area (Å²) >= 11 is 0. The second kappa shape index (κ2) is 5.37. The van der Waals surface area contributed by atoms with Gasteiger partial charge in [0.2, 0.25) is 10.0 Å². The normalized spacial score (nSPS) is 11.7. The minimum Gasteiger partial charge on any atom is -0.381 e. The Hall–Kier alpha value is -1.59. The van der Waals surface area contributed by atoms with E-state index >= 15 is 0 Å². The second-order valence-electron chi connectivity index (χ2n) is 3.83. The van der Waals surface area contributed by atoms with E-state index in [2.05, 4.69) is 5.10 Å². The summed E-state index contributed by atoms with van der Waals surface area (Å²) in [6.07, 6.45) is 0.145. The first-order valence-electron chi connectivity index (χ1n) is 5.52. The van der Waals surface area contributed by atoms with Gasteiger partial charge in [0.05, 0.1) is 11.8 Å². The third-order valence-corrected chi connectivity index (χ3v) is 4.87. The monoisotopic (exact) mass is 271 g/mol. The zero-order valence-corrected chi connectivity index (χ0v) is 11.5. The van der Waals surface area contributed by atoms with Gasteiger partial charge in [-0.25, -0.2) is 8.42 Å². The molecule has 0 amide bonds. The highest BCUT2D eigenvalue weighted by Crippen LogP contribution is 2.24. The molecule has 1 aromatic heterocycles. The Morgan fingerprint density at radius 1 is 1.56 bits per heavy atom. The van der Waals surface area contributed by atoms with Crippen molar-refractivity contribution in [2.45, 2.75) is 25.2 Å². The van der Waals surface area contributed by atoms with Gasteiger partial charge in [-0.15, -0.1) is 0 Å². The number of nitrogen functional groups attached to an aromatic ring is 1. The van der Waals surface area contributed by atoms with Crippen LogP contribution < -0.4 is 5.73 Å². The van der Waals surface area contributed by atoms with E-state index in [0.29, 0.717) is 5.69 Å². The van der Waals surface area contributed by atoms with Crippen LogP contribution in [0.2, 0.25) is 0 Å². The molecule has 8 heteroatoms. The Bertz CT molecular complexity index is 570. The smallest absolute Gasteiger partial charge is 0.248 e. The lowest BCUT2D eigenvalue weighted by Gasteiger charge is -2.19. The van der Waals surface area contributed by atoms with Crippen molar-refractivity contribution in [3.8, 4) is 6.07 Å². The quantitative estimate of drug-likeness (QED) is 0.825. The fraction of sp³-hybridized carbons (Fsp3) is 0.600. The molecule has 0 spiro atoms. The van der Waals surface area contributed by atoms with Crippen LogP contribution in [0.1, 0.15) is 19.0 Å². The van der Waals surface area contributed by atoms with E-state index in [1.54, 1.807) is 20.9 Å². The van der Waals surface area contributed by atoms with Crippen molar-refractivity contribution in [2.75, 3.05) is 18.8 Å². The van der Waals surface area contributed by atoms with Crippen molar-refractivity contribution < 1.29 is 8.42 Å². The van der Waals surface area contributed by atoms with Crippen LogP contribution in [0, 0.1) is 18.3 Å². The predicted molar refractivity (Wildman–Crippen MR) is 67.0 cm³/mol. The van der Waals surface area contributed by atoms with Crippen LogP contribution in [0.4, 0.5) is 5.82 Å². The molecule has 2 N–H and O–H groups in total. The molecular weight excluding hydrogens is 254 g/mol. The predicted octanol–water partition coefficient (Wildman–Crippen LogP) is 0.235. The molecule has 0 aliphatic heterocycles. The van der Waals surface area contributed by atoms with Gasteiger partial charge in [0.25, 0.3) is 0 Å². The number of nitrogens with zero attached hydrogens (tertiary/aromatic N) is 4. The lowest BCUT2D eigenvalue weighted by atomic mass is 10.4. The summed E-state index contributed by atoms with van der Waals surface area (Å²) in [5.41, 5.74) is 6.14. The third-order valence-electron chi connectivity index (χ3n) is 2.73. The fourth-order valence-corrected chi connectivity index (χ4v) is 3.43. The summed E-state index contributed by atoms with van der Waals surface area (Å²) in [5.74, 6) is -0.00888. The number of aromatic nitrogens is 2. The van der Waals surface area contributed by atoms with Crippen molar-refractivity contribution in [3.63, 3.8) is 0 Å². The number of sulfonamides is 1. The number of anilines is 1. The van der Waals surface area contributed by atoms with E-state index in [1.807, 2.05) is 6.07 Å². The molecular formula is C10H17N5O2S. The Kier molecular flexibility index (Phi) is 4.32. The molecule has 0 aliphatic rings. The minimum atomic E-state index is -3.69. The van der Waals surface area contributed by atoms with Gasteiger partial charge < -0.3 is 5.73 Å². The SMILES string of the molecule is CCN(CCC#N)S(=O)(=O)c1c(N)nn(C)c1C. The van der Waals surface area contributed by atoms with Crippen molar-refractivity contribution in [1.82, 2.24) is 14.1 Å². The molecule has 0 unspecified atom stereocenters. The Morgan fingerprint density at radius 3 is 2.56 bits per heavy atom. The van der Waals surface area contributed by atoms with Crippen LogP contribution >= 0.6 is 0 Å². The number of rotatable bonds is 5. The first kappa shape index (κ1) is 14.5. The highest BCUT2D eigenvalue weighted by Gasteiger charge is 2.29. The van der Waals surface area contributed by atoms with E-state index in [1.165, 1.54) is 8.99 Å². The molecule has 0 aliphatic carbocycles. The largest absolute Gasteiger partial charge is 0.381 e. The van der Waals surface area contributed by atoms with Crippen molar-refractivity contribution >= 4 is 15.8 Å². The van der Waals surface area contributed by atoms with Crippen LogP contribution in [0.25, 0.3) is 0 Å². The molecule has 0 saturated heterocycles. The second-order valence-corrected chi connectivity index (χ2v) is 5.70. The summed E-state index contributed by atoms with van der Waals surface area (Å²) in [7, 11) is -2.05. The maximum Gasteiger partial charge on any atom is 0.248 e. The number of nitrogens with two attached hydrogens (primary N) is 1. The molecule has 0 saturated carbocycles. The van der Waals surface area contributed by atoms with Crippen LogP contribution in [0.15, 0.2) is 4.90 Å². The van der Waals surface area contributed by atoms with Gasteiger partial charge in [-0.1, -0.05) is 6.92 Å². The summed E-state index contributed by atoms with van der Waals surface area (Å²) in [5, 5.41) is 12.4. The number of hydrogen-bond donors (Lipinski definition) is 1. The third kappa shape index (κ3) is 2.47. The first-order valence-corrected chi connectivity index (χ1v) is 6.96. The minimum absolute atomic E-state index is 0.00888. The van der Waals surface area contributed by atoms with Gasteiger partial charge in [-0.2, -0.15) is 14.7 Å². The van der Waals surface area contributed by atoms with Crippen molar-refractivity contribution in [3.05, 3.63) is 5.69 Å². The highest BCUT2D eigenvalue weighted by atomic mass is 32.2. The van der Waals surface area contributed by atoms with Crippen LogP contribution in [0.3, 0.4) is 0 Å². The van der Waals surface area contributed by atoms with Crippen molar-refractivity contribution in [1.29, 1.82) is 5.26 Å². The van der Waals surface area contributed by atoms with Gasteiger partial charge in [-0.05, 0) is 6.92 Å². The van der Waals surface area contributed by atoms with E-state index in [0.717, 1.165) is 0 Å². The topological polar surface area (TPSA) is 105 Å². The maximum absolute atomic E-state index is 12.4. The van der Waals surface area contributed by atoms with Gasteiger partial charge in [0, 0.05) is 26.6 Å². The van der Waals surface area contributed by atoms with Gasteiger partial charge in [-0.3, -0.25) is 4.68 Å². The molecule has 0 radical (unpaired) electrons. The summed E-state index contributed by atoms with van der Waals surface area (Å²) in [6, 6.07) is 1.93. The molecule has 0 fully saturated rings. The van der Waals surface area contributed by atoms with Crippen LogP contribution in [-0.2, 0) is 17.1 Å². The number of nitriles is 1. The fourth-order valence-electron chi connectivity index (χ4n) is 1.69. The van der Waals surface area contributed by atoms with E-state index in [9.17, 15) is 8.42 Å².